The molecule has 0 aliphatic heterocycles. The first-order valence-corrected chi connectivity index (χ1v) is 6.95. The third-order valence-corrected chi connectivity index (χ3v) is 2.96. The molecule has 1 unspecified atom stereocenters. The van der Waals surface area contributed by atoms with Crippen molar-refractivity contribution in [1.82, 2.24) is 15.5 Å². The topological polar surface area (TPSA) is 98.7 Å². The van der Waals surface area contributed by atoms with E-state index in [9.17, 15) is 14.4 Å². The van der Waals surface area contributed by atoms with Crippen LogP contribution in [0.4, 0.5) is 4.79 Å². The van der Waals surface area contributed by atoms with Gasteiger partial charge in [-0.2, -0.15) is 0 Å². The molecule has 3 amide bonds. The third kappa shape index (κ3) is 7.60. The predicted octanol–water partition coefficient (Wildman–Crippen LogP) is 0.655. The highest BCUT2D eigenvalue weighted by atomic mass is 16.4. The van der Waals surface area contributed by atoms with Crippen LogP contribution in [0.3, 0.4) is 0 Å². The number of nitrogens with one attached hydrogen (secondary N) is 2. The molecule has 0 aromatic carbocycles. The van der Waals surface area contributed by atoms with Gasteiger partial charge in [-0.25, -0.2) is 4.79 Å². The summed E-state index contributed by atoms with van der Waals surface area (Å²) < 4.78 is 0. The predicted molar refractivity (Wildman–Crippen MR) is 75.4 cm³/mol. The highest BCUT2D eigenvalue weighted by Crippen LogP contribution is 2.06. The van der Waals surface area contributed by atoms with Crippen molar-refractivity contribution in [3.8, 4) is 0 Å². The van der Waals surface area contributed by atoms with E-state index in [4.69, 9.17) is 5.11 Å². The summed E-state index contributed by atoms with van der Waals surface area (Å²) in [5, 5.41) is 14.0. The second kappa shape index (κ2) is 10.1. The van der Waals surface area contributed by atoms with E-state index in [1.165, 1.54) is 4.90 Å². The van der Waals surface area contributed by atoms with Crippen LogP contribution in [0.5, 0.6) is 0 Å². The van der Waals surface area contributed by atoms with Crippen molar-refractivity contribution < 1.29 is 19.5 Å². The van der Waals surface area contributed by atoms with Crippen LogP contribution in [0.25, 0.3) is 0 Å². The number of urea groups is 1. The first kappa shape index (κ1) is 18.2. The van der Waals surface area contributed by atoms with Gasteiger partial charge >= 0.3 is 12.0 Å². The Balaban J connectivity index is 4.26. The summed E-state index contributed by atoms with van der Waals surface area (Å²) in [6, 6.07) is -0.345. The molecule has 0 heterocycles. The number of aliphatic carboxylic acids is 1. The van der Waals surface area contributed by atoms with Crippen molar-refractivity contribution in [2.75, 3.05) is 26.2 Å². The quantitative estimate of drug-likeness (QED) is 0.580. The number of hydrogen-bond acceptors (Lipinski definition) is 3. The van der Waals surface area contributed by atoms with E-state index >= 15 is 0 Å². The molecule has 0 bridgehead atoms. The minimum absolute atomic E-state index is 0.00585. The van der Waals surface area contributed by atoms with Gasteiger partial charge in [0.25, 0.3) is 0 Å². The molecule has 116 valence electrons. The molecule has 0 rings (SSSR count). The van der Waals surface area contributed by atoms with E-state index in [-0.39, 0.29) is 30.8 Å². The number of carboxylic acids is 1. The van der Waals surface area contributed by atoms with Crippen LogP contribution < -0.4 is 10.6 Å². The Kier molecular flexibility index (Phi) is 9.15. The van der Waals surface area contributed by atoms with Crippen molar-refractivity contribution in [3.05, 3.63) is 0 Å². The minimum atomic E-state index is -0.874. The van der Waals surface area contributed by atoms with Crippen molar-refractivity contribution in [1.29, 1.82) is 0 Å². The number of rotatable bonds is 9. The lowest BCUT2D eigenvalue weighted by molar-refractivity contribution is -0.138. The normalized spacial score (nSPS) is 11.6. The fraction of sp³-hybridized carbons (Fsp3) is 0.769. The number of hydrogen-bond donors (Lipinski definition) is 3. The van der Waals surface area contributed by atoms with Gasteiger partial charge in [0, 0.05) is 26.1 Å². The zero-order chi connectivity index (χ0) is 15.5. The Morgan fingerprint density at radius 1 is 1.15 bits per heavy atom. The Hall–Kier alpha value is -1.79. The van der Waals surface area contributed by atoms with Gasteiger partial charge in [0.15, 0.2) is 0 Å². The number of likely N-dealkylation sites (N-methyl/N-ethyl adjacent to an activating group) is 2. The highest BCUT2D eigenvalue weighted by Gasteiger charge is 2.17. The monoisotopic (exact) mass is 287 g/mol. The van der Waals surface area contributed by atoms with Gasteiger partial charge < -0.3 is 20.6 Å². The molecule has 20 heavy (non-hydrogen) atoms. The van der Waals surface area contributed by atoms with Crippen LogP contribution in [0.2, 0.25) is 0 Å². The lowest BCUT2D eigenvalue weighted by Gasteiger charge is -2.22. The number of carbonyl (C=O) groups excluding carboxylic acids is 2. The third-order valence-electron chi connectivity index (χ3n) is 2.96. The summed E-state index contributed by atoms with van der Waals surface area (Å²) >= 11 is 0. The van der Waals surface area contributed by atoms with Gasteiger partial charge in [-0.05, 0) is 19.8 Å². The molecule has 0 saturated heterocycles. The second-order valence-electron chi connectivity index (χ2n) is 4.53. The number of amides is 3. The van der Waals surface area contributed by atoms with Crippen molar-refractivity contribution in [2.45, 2.75) is 33.6 Å². The molecular formula is C13H25N3O4. The number of nitrogens with zero attached hydrogens (tertiary/aromatic N) is 1. The van der Waals surface area contributed by atoms with E-state index in [1.807, 2.05) is 13.8 Å². The molecule has 0 radical (unpaired) electrons. The maximum absolute atomic E-state index is 11.9. The summed E-state index contributed by atoms with van der Waals surface area (Å²) in [7, 11) is 0. The van der Waals surface area contributed by atoms with E-state index in [2.05, 4.69) is 10.6 Å². The van der Waals surface area contributed by atoms with Crippen molar-refractivity contribution >= 4 is 17.9 Å². The zero-order valence-corrected chi connectivity index (χ0v) is 12.4. The lowest BCUT2D eigenvalue weighted by Crippen LogP contribution is -2.46. The fourth-order valence-corrected chi connectivity index (χ4v) is 1.70. The molecule has 0 aromatic rings. The summed E-state index contributed by atoms with van der Waals surface area (Å²) in [5.41, 5.74) is 0. The van der Waals surface area contributed by atoms with E-state index < -0.39 is 5.97 Å². The van der Waals surface area contributed by atoms with E-state index in [1.54, 1.807) is 6.92 Å². The lowest BCUT2D eigenvalue weighted by atomic mass is 10.0. The van der Waals surface area contributed by atoms with E-state index in [0.29, 0.717) is 26.1 Å². The molecule has 1 atom stereocenters. The first-order chi connectivity index (χ1) is 9.44. The number of carbonyl (C=O) groups is 3. The largest absolute Gasteiger partial charge is 0.481 e. The van der Waals surface area contributed by atoms with Gasteiger partial charge in [0.1, 0.15) is 6.54 Å². The van der Waals surface area contributed by atoms with Gasteiger partial charge in [-0.1, -0.05) is 13.3 Å². The second-order valence-corrected chi connectivity index (χ2v) is 4.53. The summed E-state index contributed by atoms with van der Waals surface area (Å²) in [6.07, 6.45) is 0.703. The van der Waals surface area contributed by atoms with Crippen LogP contribution in [-0.2, 0) is 9.59 Å². The molecule has 0 aliphatic rings. The SMILES string of the molecule is CCNC(=O)CN(CC)C(=O)NCC(CC)CC(=O)O. The van der Waals surface area contributed by atoms with E-state index in [0.717, 1.165) is 0 Å². The standard InChI is InChI=1S/C13H25N3O4/c1-4-10(7-12(18)19)8-15-13(20)16(6-3)9-11(17)14-5-2/h10H,4-9H2,1-3H3,(H,14,17)(H,15,20)(H,18,19). The molecule has 3 N–H and O–H groups in total. The number of carboxylic acid groups (broad SMARTS) is 1. The van der Waals surface area contributed by atoms with Gasteiger partial charge in [0.2, 0.25) is 5.91 Å². The molecule has 7 nitrogen and oxygen atoms in total. The Labute approximate surface area is 119 Å². The summed E-state index contributed by atoms with van der Waals surface area (Å²) in [6.45, 7) is 6.72. The van der Waals surface area contributed by atoms with Crippen LogP contribution in [0, 0.1) is 5.92 Å². The van der Waals surface area contributed by atoms with Gasteiger partial charge in [-0.15, -0.1) is 0 Å². The fourth-order valence-electron chi connectivity index (χ4n) is 1.70. The highest BCUT2D eigenvalue weighted by molar-refractivity contribution is 5.84. The minimum Gasteiger partial charge on any atom is -0.481 e. The molecule has 7 heteroatoms. The molecule has 0 aliphatic carbocycles. The van der Waals surface area contributed by atoms with Crippen molar-refractivity contribution in [2.24, 2.45) is 5.92 Å². The van der Waals surface area contributed by atoms with Crippen LogP contribution in [-0.4, -0.2) is 54.1 Å². The van der Waals surface area contributed by atoms with Crippen molar-refractivity contribution in [3.63, 3.8) is 0 Å². The van der Waals surface area contributed by atoms with Crippen LogP contribution in [0.1, 0.15) is 33.6 Å². The molecule has 0 spiro atoms. The maximum atomic E-state index is 11.9. The zero-order valence-electron chi connectivity index (χ0n) is 12.4. The smallest absolute Gasteiger partial charge is 0.317 e. The van der Waals surface area contributed by atoms with Gasteiger partial charge in [0.05, 0.1) is 0 Å². The molecular weight excluding hydrogens is 262 g/mol. The summed E-state index contributed by atoms with van der Waals surface area (Å²) in [4.78, 5) is 35.4. The maximum Gasteiger partial charge on any atom is 0.317 e. The Bertz CT molecular complexity index is 334. The molecule has 0 saturated carbocycles. The Morgan fingerprint density at radius 2 is 1.80 bits per heavy atom. The Morgan fingerprint density at radius 3 is 2.25 bits per heavy atom. The van der Waals surface area contributed by atoms with Crippen LogP contribution in [0.15, 0.2) is 0 Å². The molecule has 0 fully saturated rings. The molecule has 0 aromatic heterocycles. The van der Waals surface area contributed by atoms with Crippen LogP contribution >= 0.6 is 0 Å². The average Bonchev–Trinajstić information content (AvgIpc) is 2.40. The summed E-state index contributed by atoms with van der Waals surface area (Å²) in [5.74, 6) is -1.18. The first-order valence-electron chi connectivity index (χ1n) is 6.95. The average molecular weight is 287 g/mol. The van der Waals surface area contributed by atoms with Gasteiger partial charge in [-0.3, -0.25) is 9.59 Å².